The third kappa shape index (κ3) is 3.74. The van der Waals surface area contributed by atoms with E-state index in [4.69, 9.17) is 9.47 Å². The standard InChI is InChI=1S/C18H20N2O6/c1-11(2)19-9-14(17(21)25-3)16(15(10-19)18(22)26-4)12-6-5-7-13(8-12)20(23)24/h5-11,16H,1-4H3. The molecule has 0 fully saturated rings. The van der Waals surface area contributed by atoms with E-state index in [-0.39, 0.29) is 22.9 Å². The van der Waals surface area contributed by atoms with E-state index >= 15 is 0 Å². The van der Waals surface area contributed by atoms with E-state index in [2.05, 4.69) is 0 Å². The Morgan fingerprint density at radius 1 is 1.12 bits per heavy atom. The van der Waals surface area contributed by atoms with Crippen molar-refractivity contribution in [2.75, 3.05) is 14.2 Å². The van der Waals surface area contributed by atoms with Crippen LogP contribution in [-0.2, 0) is 19.1 Å². The minimum atomic E-state index is -0.829. The summed E-state index contributed by atoms with van der Waals surface area (Å²) < 4.78 is 9.72. The molecule has 1 aromatic rings. The van der Waals surface area contributed by atoms with Crippen LogP contribution in [0.5, 0.6) is 0 Å². The van der Waals surface area contributed by atoms with Crippen molar-refractivity contribution in [1.29, 1.82) is 0 Å². The van der Waals surface area contributed by atoms with Crippen molar-refractivity contribution < 1.29 is 24.0 Å². The number of methoxy groups -OCH3 is 2. The summed E-state index contributed by atoms with van der Waals surface area (Å²) in [6, 6.07) is 5.78. The molecular weight excluding hydrogens is 340 g/mol. The zero-order valence-electron chi connectivity index (χ0n) is 15.0. The van der Waals surface area contributed by atoms with Gasteiger partial charge in [-0.2, -0.15) is 0 Å². The molecule has 0 saturated heterocycles. The summed E-state index contributed by atoms with van der Waals surface area (Å²) in [4.78, 5) is 37.0. The second-order valence-corrected chi connectivity index (χ2v) is 5.98. The smallest absolute Gasteiger partial charge is 0.336 e. The van der Waals surface area contributed by atoms with Crippen LogP contribution < -0.4 is 0 Å². The number of nitro benzene ring substituents is 1. The molecular formula is C18H20N2O6. The Labute approximate surface area is 150 Å². The highest BCUT2D eigenvalue weighted by Gasteiger charge is 2.36. The van der Waals surface area contributed by atoms with Crippen LogP contribution >= 0.6 is 0 Å². The number of hydrogen-bond donors (Lipinski definition) is 0. The third-order valence-corrected chi connectivity index (χ3v) is 4.05. The molecule has 8 nitrogen and oxygen atoms in total. The molecule has 0 N–H and O–H groups in total. The normalized spacial score (nSPS) is 14.6. The first-order chi connectivity index (χ1) is 12.3. The Morgan fingerprint density at radius 2 is 1.65 bits per heavy atom. The lowest BCUT2D eigenvalue weighted by Crippen LogP contribution is -2.31. The van der Waals surface area contributed by atoms with Crippen LogP contribution in [0.4, 0.5) is 5.69 Å². The highest BCUT2D eigenvalue weighted by Crippen LogP contribution is 2.38. The maximum atomic E-state index is 12.4. The highest BCUT2D eigenvalue weighted by atomic mass is 16.6. The molecule has 0 spiro atoms. The van der Waals surface area contributed by atoms with Crippen LogP contribution in [0, 0.1) is 10.1 Å². The van der Waals surface area contributed by atoms with Gasteiger partial charge in [-0.3, -0.25) is 10.1 Å². The lowest BCUT2D eigenvalue weighted by atomic mass is 9.83. The molecule has 0 saturated carbocycles. The van der Waals surface area contributed by atoms with Gasteiger partial charge in [0.1, 0.15) is 0 Å². The van der Waals surface area contributed by atoms with E-state index in [1.807, 2.05) is 13.8 Å². The van der Waals surface area contributed by atoms with E-state index in [1.165, 1.54) is 32.4 Å². The van der Waals surface area contributed by atoms with Gasteiger partial charge < -0.3 is 14.4 Å². The van der Waals surface area contributed by atoms with Crippen LogP contribution in [0.15, 0.2) is 47.8 Å². The van der Waals surface area contributed by atoms with Crippen molar-refractivity contribution in [3.63, 3.8) is 0 Å². The van der Waals surface area contributed by atoms with Crippen LogP contribution in [0.25, 0.3) is 0 Å². The van der Waals surface area contributed by atoms with Gasteiger partial charge in [-0.1, -0.05) is 12.1 Å². The van der Waals surface area contributed by atoms with Gasteiger partial charge in [0.15, 0.2) is 0 Å². The fourth-order valence-electron chi connectivity index (χ4n) is 2.73. The molecule has 8 heteroatoms. The Bertz CT molecular complexity index is 763. The fourth-order valence-corrected chi connectivity index (χ4v) is 2.73. The van der Waals surface area contributed by atoms with Gasteiger partial charge in [0, 0.05) is 30.6 Å². The number of nitro groups is 1. The first-order valence-electron chi connectivity index (χ1n) is 7.92. The largest absolute Gasteiger partial charge is 0.466 e. The van der Waals surface area contributed by atoms with Crippen LogP contribution in [0.2, 0.25) is 0 Å². The first-order valence-corrected chi connectivity index (χ1v) is 7.92. The number of rotatable bonds is 5. The zero-order chi connectivity index (χ0) is 19.4. The van der Waals surface area contributed by atoms with E-state index < -0.39 is 22.8 Å². The number of non-ortho nitro benzene ring substituents is 1. The minimum Gasteiger partial charge on any atom is -0.466 e. The Morgan fingerprint density at radius 3 is 2.08 bits per heavy atom. The molecule has 1 aromatic carbocycles. The van der Waals surface area contributed by atoms with Gasteiger partial charge in [0.2, 0.25) is 0 Å². The molecule has 0 unspecified atom stereocenters. The molecule has 26 heavy (non-hydrogen) atoms. The summed E-state index contributed by atoms with van der Waals surface area (Å²) in [6.07, 6.45) is 3.18. The van der Waals surface area contributed by atoms with Crippen LogP contribution in [0.1, 0.15) is 25.3 Å². The van der Waals surface area contributed by atoms with Gasteiger partial charge in [0.05, 0.1) is 36.2 Å². The maximum absolute atomic E-state index is 12.4. The number of carbonyl (C=O) groups excluding carboxylic acids is 2. The van der Waals surface area contributed by atoms with Crippen molar-refractivity contribution >= 4 is 17.6 Å². The summed E-state index contributed by atoms with van der Waals surface area (Å²) in [5, 5.41) is 11.1. The molecule has 1 aliphatic rings. The number of esters is 2. The second-order valence-electron chi connectivity index (χ2n) is 5.98. The van der Waals surface area contributed by atoms with E-state index in [1.54, 1.807) is 23.4 Å². The Balaban J connectivity index is 2.66. The average molecular weight is 360 g/mol. The summed E-state index contributed by atoms with van der Waals surface area (Å²) in [6.45, 7) is 3.79. The average Bonchev–Trinajstić information content (AvgIpc) is 2.65. The van der Waals surface area contributed by atoms with Gasteiger partial charge in [0.25, 0.3) is 5.69 Å². The number of carbonyl (C=O) groups is 2. The highest BCUT2D eigenvalue weighted by molar-refractivity contribution is 5.98. The van der Waals surface area contributed by atoms with E-state index in [9.17, 15) is 19.7 Å². The number of hydrogen-bond acceptors (Lipinski definition) is 7. The molecule has 0 radical (unpaired) electrons. The van der Waals surface area contributed by atoms with Crippen LogP contribution in [0.3, 0.4) is 0 Å². The summed E-state index contributed by atoms with van der Waals surface area (Å²) in [5.41, 5.74) is 0.687. The van der Waals surface area contributed by atoms with Gasteiger partial charge >= 0.3 is 11.9 Å². The SMILES string of the molecule is COC(=O)C1=CN(C(C)C)C=C(C(=O)OC)C1c1cccc([N+](=O)[O-])c1. The summed E-state index contributed by atoms with van der Waals surface area (Å²) >= 11 is 0. The summed E-state index contributed by atoms with van der Waals surface area (Å²) in [7, 11) is 2.48. The van der Waals surface area contributed by atoms with Crippen molar-refractivity contribution in [1.82, 2.24) is 4.90 Å². The molecule has 0 bridgehead atoms. The molecule has 0 atom stereocenters. The molecule has 138 valence electrons. The van der Waals surface area contributed by atoms with E-state index in [0.717, 1.165) is 0 Å². The third-order valence-electron chi connectivity index (χ3n) is 4.05. The molecule has 2 rings (SSSR count). The minimum absolute atomic E-state index is 0.0274. The van der Waals surface area contributed by atoms with Crippen molar-refractivity contribution in [2.24, 2.45) is 0 Å². The zero-order valence-corrected chi connectivity index (χ0v) is 15.0. The predicted molar refractivity (Wildman–Crippen MR) is 93.0 cm³/mol. The second kappa shape index (κ2) is 7.81. The van der Waals surface area contributed by atoms with Crippen molar-refractivity contribution in [3.8, 4) is 0 Å². The molecule has 1 aliphatic heterocycles. The fraction of sp³-hybridized carbons (Fsp3) is 0.333. The van der Waals surface area contributed by atoms with Gasteiger partial charge in [-0.05, 0) is 19.4 Å². The molecule has 0 amide bonds. The molecule has 0 aromatic heterocycles. The van der Waals surface area contributed by atoms with Crippen molar-refractivity contribution in [2.45, 2.75) is 25.8 Å². The first kappa shape index (κ1) is 19.2. The van der Waals surface area contributed by atoms with Gasteiger partial charge in [-0.25, -0.2) is 9.59 Å². The monoisotopic (exact) mass is 360 g/mol. The van der Waals surface area contributed by atoms with Gasteiger partial charge in [-0.15, -0.1) is 0 Å². The Kier molecular flexibility index (Phi) is 5.76. The quantitative estimate of drug-likeness (QED) is 0.452. The topological polar surface area (TPSA) is 99.0 Å². The Hall–Kier alpha value is -3.16. The lowest BCUT2D eigenvalue weighted by Gasteiger charge is -2.32. The number of ether oxygens (including phenoxy) is 2. The molecule has 0 aliphatic carbocycles. The lowest BCUT2D eigenvalue weighted by molar-refractivity contribution is -0.384. The maximum Gasteiger partial charge on any atom is 0.336 e. The van der Waals surface area contributed by atoms with Crippen molar-refractivity contribution in [3.05, 3.63) is 63.5 Å². The van der Waals surface area contributed by atoms with E-state index in [0.29, 0.717) is 5.56 Å². The number of benzene rings is 1. The number of nitrogens with zero attached hydrogens (tertiary/aromatic N) is 2. The molecule has 1 heterocycles. The van der Waals surface area contributed by atoms with Crippen LogP contribution in [-0.4, -0.2) is 42.0 Å². The summed E-state index contributed by atoms with van der Waals surface area (Å²) in [5.74, 6) is -2.08. The predicted octanol–water partition coefficient (Wildman–Crippen LogP) is 2.52.